The second-order valence-electron chi connectivity index (χ2n) is 3.90. The minimum absolute atomic E-state index is 0.0765. The van der Waals surface area contributed by atoms with Gasteiger partial charge in [0.15, 0.2) is 0 Å². The summed E-state index contributed by atoms with van der Waals surface area (Å²) in [6.07, 6.45) is -3.98. The van der Waals surface area contributed by atoms with Crippen LogP contribution in [0.15, 0.2) is 12.1 Å². The topological polar surface area (TPSA) is 85.3 Å². The number of rotatable bonds is 5. The van der Waals surface area contributed by atoms with Crippen molar-refractivity contribution in [3.8, 4) is 0 Å². The molecule has 1 heterocycles. The Balaban J connectivity index is 3.11. The van der Waals surface area contributed by atoms with Crippen molar-refractivity contribution in [2.24, 2.45) is 0 Å². The van der Waals surface area contributed by atoms with E-state index >= 15 is 0 Å². The van der Waals surface area contributed by atoms with E-state index in [0.29, 0.717) is 6.42 Å². The molecule has 0 aromatic carbocycles. The lowest BCUT2D eigenvalue weighted by molar-refractivity contribution is -0.384. The molecule has 0 aliphatic carbocycles. The van der Waals surface area contributed by atoms with E-state index in [2.05, 4.69) is 4.98 Å². The molecular weight excluding hydrogens is 265 g/mol. The fourth-order valence-electron chi connectivity index (χ4n) is 1.55. The number of nitrogens with zero attached hydrogens (tertiary/aromatic N) is 3. The quantitative estimate of drug-likeness (QED) is 0.660. The second kappa shape index (κ2) is 5.72. The van der Waals surface area contributed by atoms with Crippen LogP contribution in [0.5, 0.6) is 0 Å². The highest BCUT2D eigenvalue weighted by Crippen LogP contribution is 2.25. The second-order valence-corrected chi connectivity index (χ2v) is 3.90. The smallest absolute Gasteiger partial charge is 0.383 e. The van der Waals surface area contributed by atoms with E-state index in [1.54, 1.807) is 6.92 Å². The van der Waals surface area contributed by atoms with E-state index in [-0.39, 0.29) is 23.9 Å². The van der Waals surface area contributed by atoms with Gasteiger partial charge in [0.25, 0.3) is 5.69 Å². The first-order valence-corrected chi connectivity index (χ1v) is 5.46. The van der Waals surface area contributed by atoms with Gasteiger partial charge in [-0.1, -0.05) is 6.92 Å². The van der Waals surface area contributed by atoms with E-state index < -0.39 is 17.6 Å². The predicted molar refractivity (Wildman–Crippen MR) is 63.9 cm³/mol. The maximum absolute atomic E-state index is 12.4. The number of nitrogen functional groups attached to an aromatic ring is 1. The molecule has 1 aromatic rings. The Kier molecular flexibility index (Phi) is 4.52. The van der Waals surface area contributed by atoms with Crippen molar-refractivity contribution in [3.05, 3.63) is 22.2 Å². The van der Waals surface area contributed by atoms with Crippen molar-refractivity contribution in [2.45, 2.75) is 19.5 Å². The van der Waals surface area contributed by atoms with Gasteiger partial charge in [-0.25, -0.2) is 4.98 Å². The van der Waals surface area contributed by atoms with Gasteiger partial charge in [-0.2, -0.15) is 13.2 Å². The van der Waals surface area contributed by atoms with Gasteiger partial charge in [-0.05, 0) is 6.42 Å². The summed E-state index contributed by atoms with van der Waals surface area (Å²) in [5.74, 6) is -0.335. The monoisotopic (exact) mass is 278 g/mol. The molecule has 6 nitrogen and oxygen atoms in total. The van der Waals surface area contributed by atoms with Crippen LogP contribution in [0.25, 0.3) is 0 Å². The zero-order valence-electron chi connectivity index (χ0n) is 10.1. The number of nitrogens with two attached hydrogens (primary N) is 1. The van der Waals surface area contributed by atoms with Crippen LogP contribution in [0.4, 0.5) is 30.5 Å². The third-order valence-corrected chi connectivity index (χ3v) is 2.21. The molecule has 0 amide bonds. The van der Waals surface area contributed by atoms with Crippen molar-refractivity contribution in [3.63, 3.8) is 0 Å². The van der Waals surface area contributed by atoms with Crippen LogP contribution in [0.2, 0.25) is 0 Å². The van der Waals surface area contributed by atoms with Crippen molar-refractivity contribution in [1.29, 1.82) is 0 Å². The first-order valence-electron chi connectivity index (χ1n) is 5.46. The Hall–Kier alpha value is -2.06. The summed E-state index contributed by atoms with van der Waals surface area (Å²) in [4.78, 5) is 14.6. The van der Waals surface area contributed by atoms with Crippen LogP contribution in [0, 0.1) is 10.1 Å². The van der Waals surface area contributed by atoms with E-state index in [9.17, 15) is 23.3 Å². The van der Waals surface area contributed by atoms with Crippen molar-refractivity contribution >= 4 is 17.3 Å². The number of aromatic nitrogens is 1. The van der Waals surface area contributed by atoms with Crippen LogP contribution in [0.3, 0.4) is 0 Å². The molecular formula is C10H13F3N4O2. The molecule has 0 radical (unpaired) electrons. The van der Waals surface area contributed by atoms with Crippen LogP contribution in [-0.4, -0.2) is 29.2 Å². The number of hydrogen-bond donors (Lipinski definition) is 1. The molecule has 9 heteroatoms. The molecule has 0 fully saturated rings. The van der Waals surface area contributed by atoms with E-state index in [1.807, 2.05) is 0 Å². The molecule has 0 atom stereocenters. The number of hydrogen-bond acceptors (Lipinski definition) is 5. The van der Waals surface area contributed by atoms with Gasteiger partial charge in [-0.15, -0.1) is 0 Å². The summed E-state index contributed by atoms with van der Waals surface area (Å²) in [6, 6.07) is 1.99. The number of nitro groups is 1. The molecule has 106 valence electrons. The standard InChI is InChI=1S/C10H13F3N4O2/c1-2-3-16(6-10(11,12)13)9-5-7(17(18)19)4-8(14)15-9/h4-5H,2-3,6H2,1H3,(H2,14,15). The Morgan fingerprint density at radius 1 is 1.47 bits per heavy atom. The molecule has 0 saturated heterocycles. The average Bonchev–Trinajstić information content (AvgIpc) is 2.25. The zero-order chi connectivity index (χ0) is 14.6. The Morgan fingerprint density at radius 3 is 2.58 bits per heavy atom. The predicted octanol–water partition coefficient (Wildman–Crippen LogP) is 2.35. The van der Waals surface area contributed by atoms with E-state index in [1.165, 1.54) is 0 Å². The lowest BCUT2D eigenvalue weighted by atomic mass is 10.3. The minimum atomic E-state index is -4.42. The number of anilines is 2. The van der Waals surface area contributed by atoms with Crippen molar-refractivity contribution in [2.75, 3.05) is 23.7 Å². The van der Waals surface area contributed by atoms with Crippen molar-refractivity contribution < 1.29 is 18.1 Å². The summed E-state index contributed by atoms with van der Waals surface area (Å²) >= 11 is 0. The third-order valence-electron chi connectivity index (χ3n) is 2.21. The molecule has 1 aromatic heterocycles. The first kappa shape index (κ1) is 15.0. The van der Waals surface area contributed by atoms with E-state index in [4.69, 9.17) is 5.73 Å². The molecule has 0 bridgehead atoms. The molecule has 19 heavy (non-hydrogen) atoms. The summed E-state index contributed by atoms with van der Waals surface area (Å²) in [5, 5.41) is 10.7. The minimum Gasteiger partial charge on any atom is -0.383 e. The molecule has 0 aliphatic rings. The third kappa shape index (κ3) is 4.60. The largest absolute Gasteiger partial charge is 0.405 e. The lowest BCUT2D eigenvalue weighted by Crippen LogP contribution is -2.35. The SMILES string of the molecule is CCCN(CC(F)(F)F)c1cc([N+](=O)[O-])cc(N)n1. The Morgan fingerprint density at radius 2 is 2.11 bits per heavy atom. The van der Waals surface area contributed by atoms with Gasteiger partial charge in [0, 0.05) is 6.54 Å². The average molecular weight is 278 g/mol. The maximum Gasteiger partial charge on any atom is 0.405 e. The first-order chi connectivity index (χ1) is 8.73. The summed E-state index contributed by atoms with van der Waals surface area (Å²) < 4.78 is 37.3. The van der Waals surface area contributed by atoms with Gasteiger partial charge in [0.05, 0.1) is 17.1 Å². The summed E-state index contributed by atoms with van der Waals surface area (Å²) in [5.41, 5.74) is 4.99. The van der Waals surface area contributed by atoms with Gasteiger partial charge in [0.1, 0.15) is 18.2 Å². The van der Waals surface area contributed by atoms with Crippen LogP contribution in [0.1, 0.15) is 13.3 Å². The van der Waals surface area contributed by atoms with E-state index in [0.717, 1.165) is 17.0 Å². The van der Waals surface area contributed by atoms with Gasteiger partial charge in [0.2, 0.25) is 0 Å². The highest BCUT2D eigenvalue weighted by atomic mass is 19.4. The van der Waals surface area contributed by atoms with Gasteiger partial charge >= 0.3 is 6.18 Å². The van der Waals surface area contributed by atoms with Crippen molar-refractivity contribution in [1.82, 2.24) is 4.98 Å². The maximum atomic E-state index is 12.4. The molecule has 0 spiro atoms. The fraction of sp³-hybridized carbons (Fsp3) is 0.500. The summed E-state index contributed by atoms with van der Waals surface area (Å²) in [7, 11) is 0. The van der Waals surface area contributed by atoms with Gasteiger partial charge in [-0.3, -0.25) is 10.1 Å². The molecule has 2 N–H and O–H groups in total. The number of pyridine rings is 1. The van der Waals surface area contributed by atoms with Gasteiger partial charge < -0.3 is 10.6 Å². The number of alkyl halides is 3. The van der Waals surface area contributed by atoms with Crippen LogP contribution < -0.4 is 10.6 Å². The fourth-order valence-corrected chi connectivity index (χ4v) is 1.55. The number of halogens is 3. The summed E-state index contributed by atoms with van der Waals surface area (Å²) in [6.45, 7) is 0.547. The normalized spacial score (nSPS) is 11.4. The molecule has 1 rings (SSSR count). The zero-order valence-corrected chi connectivity index (χ0v) is 10.1. The van der Waals surface area contributed by atoms with Crippen LogP contribution >= 0.6 is 0 Å². The Labute approximate surface area is 107 Å². The highest BCUT2D eigenvalue weighted by Gasteiger charge is 2.31. The highest BCUT2D eigenvalue weighted by molar-refractivity contribution is 5.54. The molecule has 0 unspecified atom stereocenters. The lowest BCUT2D eigenvalue weighted by Gasteiger charge is -2.24. The molecule has 0 saturated carbocycles. The Bertz CT molecular complexity index is 465. The molecule has 0 aliphatic heterocycles. The van der Waals surface area contributed by atoms with Crippen LogP contribution in [-0.2, 0) is 0 Å².